The molecule has 54 valence electrons. The van der Waals surface area contributed by atoms with Gasteiger partial charge in [0.05, 0.1) is 0 Å². The Bertz CT molecular complexity index is 274. The van der Waals surface area contributed by atoms with Crippen LogP contribution in [0.25, 0.3) is 0 Å². The third kappa shape index (κ3) is 2.59. The predicted molar refractivity (Wildman–Crippen MR) is 39.2 cm³/mol. The number of carboxylic acids is 1. The van der Waals surface area contributed by atoms with Gasteiger partial charge in [-0.05, 0) is 0 Å². The fourth-order valence-corrected chi connectivity index (χ4v) is 4.25. The van der Waals surface area contributed by atoms with Crippen LogP contribution >= 0.6 is 0 Å². The number of rotatable bonds is 1. The van der Waals surface area contributed by atoms with Crippen LogP contribution < -0.4 is 0.604 Å². The molecule has 0 aliphatic rings. The van der Waals surface area contributed by atoms with E-state index in [2.05, 4.69) is 6.07 Å². The first-order valence-electron chi connectivity index (χ1n) is 3.41. The zero-order chi connectivity index (χ0) is 8.43. The number of aromatic carboxylic acids is 1. The van der Waals surface area contributed by atoms with Crippen LogP contribution in [0.2, 0.25) is 0 Å². The van der Waals surface area contributed by atoms with E-state index in [1.54, 1.807) is 12.1 Å². The quantitative estimate of drug-likeness (QED) is 0.795. The van der Waals surface area contributed by atoms with E-state index in [1.807, 2.05) is 6.92 Å². The van der Waals surface area contributed by atoms with E-state index < -0.39 is 5.97 Å². The first-order chi connectivity index (χ1) is 5.09. The van der Waals surface area contributed by atoms with Crippen LogP contribution in [0.15, 0.2) is 18.2 Å². The topological polar surface area (TPSA) is 37.3 Å². The molecule has 0 saturated carbocycles. The molecule has 0 unspecified atom stereocenters. The summed E-state index contributed by atoms with van der Waals surface area (Å²) in [6.07, 6.45) is 0. The molecule has 0 aromatic heterocycles. The molecule has 1 rings (SSSR count). The fraction of sp³-hybridized carbons (Fsp3) is 0.125. The summed E-state index contributed by atoms with van der Waals surface area (Å²) >= 11 is 0.260. The van der Waals surface area contributed by atoms with Crippen molar-refractivity contribution in [2.45, 2.75) is 6.92 Å². The van der Waals surface area contributed by atoms with Crippen molar-refractivity contribution in [3.05, 3.63) is 29.3 Å². The van der Waals surface area contributed by atoms with Crippen LogP contribution in [0.5, 0.6) is 0 Å². The van der Waals surface area contributed by atoms with Gasteiger partial charge in [-0.2, -0.15) is 0 Å². The second kappa shape index (κ2) is 3.71. The summed E-state index contributed by atoms with van der Waals surface area (Å²) in [4.78, 5) is 10.5. The standard InChI is InChI=1S/C8H7O2.Ra.H/c1-6-3-2-4-7(5-6)8(9)10;;/h3-5H,1H3,(H,9,10);;. The maximum absolute atomic E-state index is 10.5. The van der Waals surface area contributed by atoms with Gasteiger partial charge in [-0.25, -0.2) is 0 Å². The maximum atomic E-state index is 10.5. The van der Waals surface area contributed by atoms with Gasteiger partial charge in [0, 0.05) is 0 Å². The molecule has 0 saturated heterocycles. The molecule has 1 aromatic rings. The van der Waals surface area contributed by atoms with Crippen LogP contribution in [0, 0.1) is 49.7 Å². The van der Waals surface area contributed by atoms with Crippen LogP contribution in [-0.4, -0.2) is 11.1 Å². The molecule has 1 aromatic carbocycles. The summed E-state index contributed by atoms with van der Waals surface area (Å²) in [5.41, 5.74) is 1.47. The van der Waals surface area contributed by atoms with Crippen molar-refractivity contribution in [1.82, 2.24) is 0 Å². The van der Waals surface area contributed by atoms with Crippen molar-refractivity contribution in [3.63, 3.8) is 0 Å². The Balaban J connectivity index is 3.19. The SMILES string of the molecule is Cc1c[c]([RaH])cc(C(=O)O)c1. The Morgan fingerprint density at radius 3 is 2.55 bits per heavy atom. The average Bonchev–Trinajstić information content (AvgIpc) is 1.85. The first-order valence-corrected chi connectivity index (χ1v) is 7.52. The zero-order valence-corrected chi connectivity index (χ0v) is 14.8. The molecule has 2 nitrogen and oxygen atoms in total. The van der Waals surface area contributed by atoms with Crippen LogP contribution in [0.4, 0.5) is 0 Å². The molecule has 1 N–H and O–H groups in total. The molecule has 3 heteroatoms. The van der Waals surface area contributed by atoms with Crippen LogP contribution in [0.3, 0.4) is 0 Å². The Morgan fingerprint density at radius 2 is 2.09 bits per heavy atom. The minimum atomic E-state index is -0.827. The number of aryl methyl sites for hydroxylation is 1. The third-order valence-corrected chi connectivity index (χ3v) is 3.84. The number of benzene rings is 1. The van der Waals surface area contributed by atoms with Gasteiger partial charge in [0.2, 0.25) is 0 Å². The summed E-state index contributed by atoms with van der Waals surface area (Å²) in [6, 6.07) is 5.52. The van der Waals surface area contributed by atoms with Gasteiger partial charge in [0.15, 0.2) is 0 Å². The monoisotopic (exact) mass is 362 g/mol. The van der Waals surface area contributed by atoms with Crippen molar-refractivity contribution in [2.24, 2.45) is 0 Å². The van der Waals surface area contributed by atoms with E-state index in [9.17, 15) is 4.79 Å². The van der Waals surface area contributed by atoms with Gasteiger partial charge in [-0.3, -0.25) is 0 Å². The van der Waals surface area contributed by atoms with Gasteiger partial charge in [0.1, 0.15) is 0 Å². The van der Waals surface area contributed by atoms with Crippen molar-refractivity contribution in [1.29, 1.82) is 0 Å². The van der Waals surface area contributed by atoms with Crippen molar-refractivity contribution in [2.75, 3.05) is 0 Å². The van der Waals surface area contributed by atoms with Gasteiger partial charge >= 0.3 is 95.5 Å². The van der Waals surface area contributed by atoms with E-state index in [0.29, 0.717) is 5.56 Å². The van der Waals surface area contributed by atoms with Crippen molar-refractivity contribution >= 4 is 6.57 Å². The number of hydrogen-bond donors (Lipinski definition) is 1. The molecule has 0 spiro atoms. The first kappa shape index (κ1) is 9.25. The van der Waals surface area contributed by atoms with Gasteiger partial charge < -0.3 is 0 Å². The minimum absolute atomic E-state index is 0.260. The zero-order valence-electron chi connectivity index (χ0n) is 6.59. The van der Waals surface area contributed by atoms with Gasteiger partial charge in [-0.15, -0.1) is 0 Å². The Labute approximate surface area is 94.4 Å². The molecule has 0 amide bonds. The molecule has 0 atom stereocenters. The summed E-state index contributed by atoms with van der Waals surface area (Å²) in [5.74, 6) is -0.827. The van der Waals surface area contributed by atoms with E-state index in [4.69, 9.17) is 5.11 Å². The van der Waals surface area contributed by atoms with Gasteiger partial charge in [-0.1, -0.05) is 0 Å². The van der Waals surface area contributed by atoms with Crippen LogP contribution in [0.1, 0.15) is 15.9 Å². The van der Waals surface area contributed by atoms with Gasteiger partial charge in [0.25, 0.3) is 0 Å². The molecule has 0 aliphatic carbocycles. The fourth-order valence-electron chi connectivity index (χ4n) is 1.10. The molecule has 0 aliphatic heterocycles. The third-order valence-electron chi connectivity index (χ3n) is 1.47. The van der Waals surface area contributed by atoms with E-state index >= 15 is 0 Å². The molecule has 0 radical (unpaired) electrons. The van der Waals surface area contributed by atoms with Crippen molar-refractivity contribution < 1.29 is 52.7 Å². The Kier molecular flexibility index (Phi) is 3.12. The average molecular weight is 362 g/mol. The predicted octanol–water partition coefficient (Wildman–Crippen LogP) is 0.600. The van der Waals surface area contributed by atoms with E-state index in [-0.39, 0.29) is 42.8 Å². The second-order valence-electron chi connectivity index (χ2n) is 2.68. The molecule has 0 fully saturated rings. The Morgan fingerprint density at radius 1 is 1.45 bits per heavy atom. The molecule has 0 bridgehead atoms. The number of hydrogen-bond acceptors (Lipinski definition) is 1. The number of carbonyl (C=O) groups is 1. The molecule has 0 heterocycles. The summed E-state index contributed by atoms with van der Waals surface area (Å²) in [7, 11) is 0. The summed E-state index contributed by atoms with van der Waals surface area (Å²) in [6.45, 7) is 1.93. The van der Waals surface area contributed by atoms with E-state index in [0.717, 1.165) is 5.56 Å². The molecular formula is C8H8O2Ra. The van der Waals surface area contributed by atoms with E-state index in [1.165, 1.54) is 0.604 Å². The second-order valence-corrected chi connectivity index (χ2v) is 7.43. The summed E-state index contributed by atoms with van der Waals surface area (Å²) in [5, 5.41) is 8.66. The summed E-state index contributed by atoms with van der Waals surface area (Å²) < 4.78 is 1.22. The molecular weight excluding hydrogens is 354 g/mol. The Hall–Kier alpha value is 0.158. The molecule has 11 heavy (non-hydrogen) atoms. The van der Waals surface area contributed by atoms with Crippen LogP contribution in [-0.2, 0) is 0 Å². The normalized spacial score (nSPS) is 9.45. The van der Waals surface area contributed by atoms with Crippen molar-refractivity contribution in [3.8, 4) is 0 Å². The number of carboxylic acid groups (broad SMARTS) is 1.